The highest BCUT2D eigenvalue weighted by Crippen LogP contribution is 2.29. The second-order valence-electron chi connectivity index (χ2n) is 14.3. The number of carbonyl (C=O) groups is 1. The van der Waals surface area contributed by atoms with E-state index in [9.17, 15) is 31.8 Å². The lowest BCUT2D eigenvalue weighted by atomic mass is 10.2. The molecule has 0 fully saturated rings. The smallest absolute Gasteiger partial charge is 0.316 e. The van der Waals surface area contributed by atoms with E-state index in [2.05, 4.69) is 27.2 Å². The van der Waals surface area contributed by atoms with Gasteiger partial charge in [0.25, 0.3) is 5.91 Å². The maximum Gasteiger partial charge on any atom is 0.316 e. The molecule has 0 aromatic heterocycles. The van der Waals surface area contributed by atoms with Crippen molar-refractivity contribution < 1.29 is 49.7 Å². The van der Waals surface area contributed by atoms with Crippen LogP contribution in [0.3, 0.4) is 0 Å². The number of hydrogen-bond donors (Lipinski definition) is 6. The number of phenolic OH excluding ortho intramolecular Hbond substituents is 2. The molecule has 338 valence electrons. The van der Waals surface area contributed by atoms with Crippen molar-refractivity contribution in [3.63, 3.8) is 0 Å². The quantitative estimate of drug-likeness (QED) is 0.0256. The van der Waals surface area contributed by atoms with Gasteiger partial charge in [0.15, 0.2) is 6.10 Å². The highest BCUT2D eigenvalue weighted by Gasteiger charge is 2.19. The zero-order chi connectivity index (χ0) is 46.2. The predicted octanol–water partition coefficient (Wildman–Crippen LogP) is 8.85. The summed E-state index contributed by atoms with van der Waals surface area (Å²) < 4.78 is 77.0. The molecule has 0 aliphatic heterocycles. The van der Waals surface area contributed by atoms with Gasteiger partial charge in [-0.15, -0.1) is 0 Å². The Kier molecular flexibility index (Phi) is 17.4. The first-order valence-corrected chi connectivity index (χ1v) is 23.5. The molecular formula is C46H50N4O11S3. The van der Waals surface area contributed by atoms with Gasteiger partial charge in [0, 0.05) is 0 Å². The molecular weight excluding hydrogens is 881 g/mol. The second kappa shape index (κ2) is 23.1. The van der Waals surface area contributed by atoms with Gasteiger partial charge in [-0.3, -0.25) is 25.1 Å². The van der Waals surface area contributed by atoms with Gasteiger partial charge in [0.1, 0.15) is 34.5 Å². The van der Waals surface area contributed by atoms with Crippen molar-refractivity contribution in [1.29, 1.82) is 0 Å². The third kappa shape index (κ3) is 15.0. The normalized spacial score (nSPS) is 12.8. The molecule has 0 radical (unpaired) electrons. The van der Waals surface area contributed by atoms with Gasteiger partial charge in [0.05, 0.1) is 33.0 Å². The monoisotopic (exact) mass is 930 g/mol. The lowest BCUT2D eigenvalue weighted by Gasteiger charge is -2.17. The number of benzene rings is 6. The zero-order valence-electron chi connectivity index (χ0n) is 35.6. The molecule has 4 unspecified atom stereocenters. The van der Waals surface area contributed by atoms with Crippen molar-refractivity contribution in [1.82, 2.24) is 5.43 Å². The highest BCUT2D eigenvalue weighted by molar-refractivity contribution is 7.91. The standard InChI is InChI=1S/C26H30N2O6S.C20H20N2O5S2/c1-4-5-18(2)33-22-10-6-20(7-11-22)27-28-26(30)19(3)34-23-12-16-25(17-13-23)35(31,32)24-14-8-21(29)9-15-24;1-14-3-8-17(9-4-14)26-28(24)21-16-7-12-20(23)19(13-16)22-29(25)27-18-10-5-15(2)6-11-18/h6-19,27,29H,4-5H2,1-3H3,(H,28,30);3-13,21-23H,1-2H3. The Morgan fingerprint density at radius 1 is 0.625 bits per heavy atom. The Morgan fingerprint density at radius 3 is 1.64 bits per heavy atom. The van der Waals surface area contributed by atoms with Gasteiger partial charge in [-0.25, -0.2) is 8.42 Å². The fourth-order valence-electron chi connectivity index (χ4n) is 5.54. The number of hydrazine groups is 1. The van der Waals surface area contributed by atoms with Crippen molar-refractivity contribution >= 4 is 55.3 Å². The first-order chi connectivity index (χ1) is 30.6. The summed E-state index contributed by atoms with van der Waals surface area (Å²) in [5.74, 6) is 1.42. The first-order valence-electron chi connectivity index (χ1n) is 19.9. The highest BCUT2D eigenvalue weighted by atomic mass is 32.2. The molecule has 0 saturated heterocycles. The van der Waals surface area contributed by atoms with Crippen LogP contribution in [-0.4, -0.2) is 45.2 Å². The Balaban J connectivity index is 0.000000245. The van der Waals surface area contributed by atoms with Crippen molar-refractivity contribution in [3.05, 3.63) is 151 Å². The number of ether oxygens (including phenoxy) is 2. The summed E-state index contributed by atoms with van der Waals surface area (Å²) in [6.45, 7) is 9.60. The van der Waals surface area contributed by atoms with E-state index in [4.69, 9.17) is 17.8 Å². The SMILES string of the molecule is CCCC(C)Oc1ccc(NNC(=O)C(C)Oc2ccc(S(=O)(=O)c3ccc(O)cc3)cc2)cc1.Cc1ccc(OS(=O)Nc2ccc(O)c(NS(=O)Oc3ccc(C)cc3)c2)cc1. The molecule has 0 spiro atoms. The van der Waals surface area contributed by atoms with Crippen LogP contribution in [0.2, 0.25) is 0 Å². The lowest BCUT2D eigenvalue weighted by Crippen LogP contribution is -2.39. The van der Waals surface area contributed by atoms with Gasteiger partial charge < -0.3 is 28.1 Å². The molecule has 0 saturated carbocycles. The van der Waals surface area contributed by atoms with Crippen LogP contribution in [0.5, 0.6) is 34.5 Å². The summed E-state index contributed by atoms with van der Waals surface area (Å²) in [4.78, 5) is 12.5. The molecule has 0 bridgehead atoms. The average molecular weight is 931 g/mol. The number of carbonyl (C=O) groups excluding carboxylic acids is 1. The topological polar surface area (TPSA) is 211 Å². The fraction of sp³-hybridized carbons (Fsp3) is 0.196. The number of rotatable bonds is 19. The largest absolute Gasteiger partial charge is 0.508 e. The molecule has 0 aliphatic rings. The van der Waals surface area contributed by atoms with E-state index in [1.165, 1.54) is 66.7 Å². The summed E-state index contributed by atoms with van der Waals surface area (Å²) in [6.07, 6.45) is 1.33. The van der Waals surface area contributed by atoms with Crippen molar-refractivity contribution in [2.45, 2.75) is 69.5 Å². The number of sulfone groups is 1. The van der Waals surface area contributed by atoms with Crippen LogP contribution in [-0.2, 0) is 37.2 Å². The Bertz CT molecular complexity index is 2600. The van der Waals surface area contributed by atoms with Crippen LogP contribution in [0, 0.1) is 13.8 Å². The number of amides is 1. The molecule has 64 heavy (non-hydrogen) atoms. The van der Waals surface area contributed by atoms with E-state index in [0.717, 1.165) is 29.7 Å². The van der Waals surface area contributed by atoms with Gasteiger partial charge in [-0.2, -0.15) is 8.42 Å². The molecule has 15 nitrogen and oxygen atoms in total. The van der Waals surface area contributed by atoms with Crippen LogP contribution < -0.4 is 38.1 Å². The van der Waals surface area contributed by atoms with E-state index in [0.29, 0.717) is 28.6 Å². The van der Waals surface area contributed by atoms with Crippen LogP contribution in [0.15, 0.2) is 149 Å². The Labute approximate surface area is 378 Å². The minimum atomic E-state index is -3.73. The summed E-state index contributed by atoms with van der Waals surface area (Å²) in [5, 5.41) is 19.4. The number of phenols is 2. The second-order valence-corrected chi connectivity index (χ2v) is 17.9. The van der Waals surface area contributed by atoms with E-state index in [-0.39, 0.29) is 33.1 Å². The predicted molar refractivity (Wildman–Crippen MR) is 249 cm³/mol. The average Bonchev–Trinajstić information content (AvgIpc) is 3.26. The Morgan fingerprint density at radius 2 is 1.09 bits per heavy atom. The maximum absolute atomic E-state index is 12.7. The van der Waals surface area contributed by atoms with Crippen LogP contribution >= 0.6 is 0 Å². The molecule has 18 heteroatoms. The van der Waals surface area contributed by atoms with Gasteiger partial charge in [-0.05, 0) is 149 Å². The molecule has 6 N–H and O–H groups in total. The number of anilines is 3. The van der Waals surface area contributed by atoms with Crippen molar-refractivity contribution in [2.24, 2.45) is 0 Å². The maximum atomic E-state index is 12.7. The lowest BCUT2D eigenvalue weighted by molar-refractivity contribution is -0.126. The van der Waals surface area contributed by atoms with E-state index in [1.807, 2.05) is 57.2 Å². The molecule has 0 aliphatic carbocycles. The van der Waals surface area contributed by atoms with Gasteiger partial charge in [-0.1, -0.05) is 48.7 Å². The number of aromatic hydroxyl groups is 2. The molecule has 6 aromatic carbocycles. The number of hydrogen-bond acceptors (Lipinski definition) is 12. The van der Waals surface area contributed by atoms with Crippen LogP contribution in [0.1, 0.15) is 44.7 Å². The fourth-order valence-corrected chi connectivity index (χ4v) is 8.12. The summed E-state index contributed by atoms with van der Waals surface area (Å²) in [6, 6.07) is 36.8. The zero-order valence-corrected chi connectivity index (χ0v) is 38.1. The summed E-state index contributed by atoms with van der Waals surface area (Å²) in [7, 11) is -3.73. The third-order valence-electron chi connectivity index (χ3n) is 8.96. The molecule has 6 rings (SSSR count). The molecule has 6 aromatic rings. The van der Waals surface area contributed by atoms with Gasteiger partial charge in [0.2, 0.25) is 9.84 Å². The van der Waals surface area contributed by atoms with E-state index < -0.39 is 44.4 Å². The van der Waals surface area contributed by atoms with Crippen LogP contribution in [0.25, 0.3) is 0 Å². The Hall–Kier alpha value is -6.76. The van der Waals surface area contributed by atoms with E-state index >= 15 is 0 Å². The van der Waals surface area contributed by atoms with Gasteiger partial charge >= 0.3 is 22.5 Å². The van der Waals surface area contributed by atoms with Crippen LogP contribution in [0.4, 0.5) is 17.1 Å². The van der Waals surface area contributed by atoms with Crippen molar-refractivity contribution in [2.75, 3.05) is 14.9 Å². The molecule has 0 heterocycles. The minimum absolute atomic E-state index is 0.0162. The molecule has 1 amide bonds. The summed E-state index contributed by atoms with van der Waals surface area (Å²) in [5.41, 5.74) is 8.76. The number of nitrogens with one attached hydrogen (secondary N) is 4. The first kappa shape index (κ1) is 48.3. The van der Waals surface area contributed by atoms with Crippen molar-refractivity contribution in [3.8, 4) is 34.5 Å². The van der Waals surface area contributed by atoms with E-state index in [1.54, 1.807) is 43.3 Å². The minimum Gasteiger partial charge on any atom is -0.508 e. The summed E-state index contributed by atoms with van der Waals surface area (Å²) >= 11 is -3.79. The number of aryl methyl sites for hydroxylation is 2. The third-order valence-corrected chi connectivity index (χ3v) is 12.2. The molecule has 4 atom stereocenters.